The van der Waals surface area contributed by atoms with Crippen molar-refractivity contribution >= 4 is 34.7 Å². The Morgan fingerprint density at radius 1 is 0.917 bits per heavy atom. The largest absolute Gasteiger partial charge is 0.378 e. The van der Waals surface area contributed by atoms with Crippen LogP contribution in [0.15, 0.2) is 66.7 Å². The van der Waals surface area contributed by atoms with Gasteiger partial charge in [0, 0.05) is 49.8 Å². The summed E-state index contributed by atoms with van der Waals surface area (Å²) in [5.41, 5.74) is 6.68. The second-order valence-corrected chi connectivity index (χ2v) is 9.47. The van der Waals surface area contributed by atoms with Gasteiger partial charge in [-0.15, -0.1) is 0 Å². The quantitative estimate of drug-likeness (QED) is 0.424. The van der Waals surface area contributed by atoms with Crippen LogP contribution in [0.4, 0.5) is 17.1 Å². The molecular weight excluding hydrogens is 450 g/mol. The van der Waals surface area contributed by atoms with Crippen LogP contribution < -0.4 is 15.5 Å². The van der Waals surface area contributed by atoms with E-state index >= 15 is 0 Å². The lowest BCUT2D eigenvalue weighted by Gasteiger charge is -2.39. The van der Waals surface area contributed by atoms with Crippen molar-refractivity contribution in [1.82, 2.24) is 0 Å². The van der Waals surface area contributed by atoms with Gasteiger partial charge in [-0.2, -0.15) is 0 Å². The third kappa shape index (κ3) is 5.65. The van der Waals surface area contributed by atoms with Crippen LogP contribution in [0.3, 0.4) is 0 Å². The molecule has 0 aromatic heterocycles. The SMILES string of the molecule is CCC(=O)Cc1ccc(N[C@@H]2C[C@H](C)N(C(C)=O)c3ccc(-c4cccc(NC(C)=O)c4)cc32)cc1. The molecule has 36 heavy (non-hydrogen) atoms. The fourth-order valence-electron chi connectivity index (χ4n) is 4.91. The lowest BCUT2D eigenvalue weighted by Crippen LogP contribution is -2.43. The highest BCUT2D eigenvalue weighted by molar-refractivity contribution is 5.94. The maximum atomic E-state index is 12.5. The van der Waals surface area contributed by atoms with Gasteiger partial charge in [0.15, 0.2) is 0 Å². The number of Topliss-reactive ketones (excluding diaryl/α,β-unsaturated/α-hetero) is 1. The third-order valence-electron chi connectivity index (χ3n) is 6.63. The molecule has 3 aromatic rings. The molecule has 1 aliphatic rings. The highest BCUT2D eigenvalue weighted by Crippen LogP contribution is 2.41. The van der Waals surface area contributed by atoms with Crippen LogP contribution in [0.1, 0.15) is 57.7 Å². The fraction of sp³-hybridized carbons (Fsp3) is 0.300. The van der Waals surface area contributed by atoms with Crippen molar-refractivity contribution in [3.63, 3.8) is 0 Å². The first-order valence-electron chi connectivity index (χ1n) is 12.4. The van der Waals surface area contributed by atoms with Crippen LogP contribution in [0, 0.1) is 0 Å². The van der Waals surface area contributed by atoms with E-state index in [2.05, 4.69) is 23.6 Å². The highest BCUT2D eigenvalue weighted by Gasteiger charge is 2.32. The molecule has 1 aliphatic heterocycles. The molecule has 6 heteroatoms. The summed E-state index contributed by atoms with van der Waals surface area (Å²) < 4.78 is 0. The van der Waals surface area contributed by atoms with Crippen molar-refractivity contribution in [3.8, 4) is 11.1 Å². The molecule has 0 saturated heterocycles. The predicted octanol–water partition coefficient (Wildman–Crippen LogP) is 6.13. The number of hydrogen-bond donors (Lipinski definition) is 2. The molecule has 0 spiro atoms. The lowest BCUT2D eigenvalue weighted by atomic mass is 9.88. The smallest absolute Gasteiger partial charge is 0.224 e. The highest BCUT2D eigenvalue weighted by atomic mass is 16.2. The van der Waals surface area contributed by atoms with Gasteiger partial charge in [-0.05, 0) is 72.0 Å². The van der Waals surface area contributed by atoms with Crippen LogP contribution in [0.2, 0.25) is 0 Å². The number of rotatable bonds is 7. The van der Waals surface area contributed by atoms with Gasteiger partial charge in [0.25, 0.3) is 0 Å². The summed E-state index contributed by atoms with van der Waals surface area (Å²) in [6.45, 7) is 7.06. The van der Waals surface area contributed by atoms with Crippen LogP contribution in [-0.4, -0.2) is 23.6 Å². The van der Waals surface area contributed by atoms with Crippen LogP contribution in [0.5, 0.6) is 0 Å². The average molecular weight is 484 g/mol. The zero-order valence-corrected chi connectivity index (χ0v) is 21.3. The van der Waals surface area contributed by atoms with Gasteiger partial charge < -0.3 is 15.5 Å². The summed E-state index contributed by atoms with van der Waals surface area (Å²) in [7, 11) is 0. The van der Waals surface area contributed by atoms with Gasteiger partial charge in [0.1, 0.15) is 5.78 Å². The molecule has 4 rings (SSSR count). The monoisotopic (exact) mass is 483 g/mol. The molecule has 2 N–H and O–H groups in total. The lowest BCUT2D eigenvalue weighted by molar-refractivity contribution is -0.118. The minimum Gasteiger partial charge on any atom is -0.378 e. The Balaban J connectivity index is 1.68. The molecule has 186 valence electrons. The van der Waals surface area contributed by atoms with Crippen molar-refractivity contribution in [2.45, 2.75) is 59.0 Å². The summed E-state index contributed by atoms with van der Waals surface area (Å²) >= 11 is 0. The van der Waals surface area contributed by atoms with E-state index in [0.29, 0.717) is 12.8 Å². The maximum Gasteiger partial charge on any atom is 0.224 e. The Labute approximate surface area is 212 Å². The molecule has 6 nitrogen and oxygen atoms in total. The number of carbonyl (C=O) groups excluding carboxylic acids is 3. The average Bonchev–Trinajstić information content (AvgIpc) is 2.84. The number of carbonyl (C=O) groups is 3. The summed E-state index contributed by atoms with van der Waals surface area (Å²) in [6.07, 6.45) is 1.76. The normalized spacial score (nSPS) is 16.7. The Morgan fingerprint density at radius 2 is 1.64 bits per heavy atom. The first kappa shape index (κ1) is 25.2. The van der Waals surface area contributed by atoms with Gasteiger partial charge in [-0.1, -0.05) is 37.3 Å². The number of benzene rings is 3. The second-order valence-electron chi connectivity index (χ2n) is 9.47. The number of fused-ring (bicyclic) bond motifs is 1. The predicted molar refractivity (Wildman–Crippen MR) is 145 cm³/mol. The number of nitrogens with one attached hydrogen (secondary N) is 2. The Kier molecular flexibility index (Phi) is 7.53. The molecule has 0 aliphatic carbocycles. The molecular formula is C30H33N3O3. The molecule has 0 unspecified atom stereocenters. The Hall–Kier alpha value is -3.93. The van der Waals surface area contributed by atoms with Crippen LogP contribution >= 0.6 is 0 Å². The summed E-state index contributed by atoms with van der Waals surface area (Å²) in [5, 5.41) is 6.50. The zero-order valence-electron chi connectivity index (χ0n) is 21.3. The van der Waals surface area contributed by atoms with Crippen LogP contribution in [-0.2, 0) is 20.8 Å². The number of nitrogens with zero attached hydrogens (tertiary/aromatic N) is 1. The summed E-state index contributed by atoms with van der Waals surface area (Å²) in [6, 6.07) is 22.0. The van der Waals surface area contributed by atoms with E-state index in [9.17, 15) is 14.4 Å². The molecule has 3 aromatic carbocycles. The van der Waals surface area contributed by atoms with Gasteiger partial charge >= 0.3 is 0 Å². The summed E-state index contributed by atoms with van der Waals surface area (Å²) in [5.74, 6) is 0.135. The summed E-state index contributed by atoms with van der Waals surface area (Å²) in [4.78, 5) is 37.7. The third-order valence-corrected chi connectivity index (χ3v) is 6.63. The number of amides is 2. The number of ketones is 1. The first-order valence-corrected chi connectivity index (χ1v) is 12.4. The van der Waals surface area contributed by atoms with E-state index in [1.54, 1.807) is 6.92 Å². The van der Waals surface area contributed by atoms with Crippen molar-refractivity contribution in [3.05, 3.63) is 77.9 Å². The van der Waals surface area contributed by atoms with E-state index in [1.807, 2.05) is 72.5 Å². The maximum absolute atomic E-state index is 12.5. The molecule has 1 heterocycles. The molecule has 2 atom stereocenters. The molecule has 0 saturated carbocycles. The molecule has 0 radical (unpaired) electrons. The van der Waals surface area contributed by atoms with E-state index < -0.39 is 0 Å². The van der Waals surface area contributed by atoms with E-state index in [4.69, 9.17) is 0 Å². The minimum absolute atomic E-state index is 0.00667. The molecule has 0 bridgehead atoms. The van der Waals surface area contributed by atoms with Gasteiger partial charge in [-0.3, -0.25) is 14.4 Å². The van der Waals surface area contributed by atoms with Crippen molar-refractivity contribution in [2.75, 3.05) is 15.5 Å². The van der Waals surface area contributed by atoms with Gasteiger partial charge in [0.05, 0.1) is 6.04 Å². The Bertz CT molecular complexity index is 1280. The second kappa shape index (κ2) is 10.8. The first-order chi connectivity index (χ1) is 17.2. The fourth-order valence-corrected chi connectivity index (χ4v) is 4.91. The minimum atomic E-state index is -0.113. The Morgan fingerprint density at radius 3 is 2.31 bits per heavy atom. The standard InChI is InChI=1S/C30H33N3O3/c1-5-27(36)16-22-9-12-25(13-10-22)32-29-15-19(2)33(21(4)35)30-14-11-24(18-28(29)30)23-7-6-8-26(17-23)31-20(3)34/h6-14,17-19,29,32H,5,15-16H2,1-4H3,(H,31,34)/t19-,29+/m0/s1. The van der Waals surface area contributed by atoms with Crippen molar-refractivity contribution < 1.29 is 14.4 Å². The van der Waals surface area contributed by atoms with Gasteiger partial charge in [-0.25, -0.2) is 0 Å². The van der Waals surface area contributed by atoms with Crippen molar-refractivity contribution in [2.24, 2.45) is 0 Å². The van der Waals surface area contributed by atoms with Crippen molar-refractivity contribution in [1.29, 1.82) is 0 Å². The molecule has 2 amide bonds. The van der Waals surface area contributed by atoms with Gasteiger partial charge in [0.2, 0.25) is 11.8 Å². The zero-order chi connectivity index (χ0) is 25.8. The van der Waals surface area contributed by atoms with E-state index in [1.165, 1.54) is 6.92 Å². The van der Waals surface area contributed by atoms with E-state index in [-0.39, 0.29) is 29.7 Å². The van der Waals surface area contributed by atoms with Crippen LogP contribution in [0.25, 0.3) is 11.1 Å². The van der Waals surface area contributed by atoms with E-state index in [0.717, 1.165) is 45.7 Å². The number of anilines is 3. The molecule has 0 fully saturated rings. The number of hydrogen-bond acceptors (Lipinski definition) is 4. The topological polar surface area (TPSA) is 78.5 Å².